The molecule has 1 aromatic carbocycles. The van der Waals surface area contributed by atoms with E-state index in [-0.39, 0.29) is 16.4 Å². The molecule has 2 amide bonds. The summed E-state index contributed by atoms with van der Waals surface area (Å²) in [6.45, 7) is 2.67. The molecule has 9 heteroatoms. The average molecular weight is 532 g/mol. The van der Waals surface area contributed by atoms with Crippen molar-refractivity contribution >= 4 is 55.4 Å². The smallest absolute Gasteiger partial charge is 0.286 e. The third-order valence-electron chi connectivity index (χ3n) is 4.03. The Morgan fingerprint density at radius 3 is 2.32 bits per heavy atom. The molecule has 28 heavy (non-hydrogen) atoms. The fraction of sp³-hybridized carbons (Fsp3) is 0.316. The van der Waals surface area contributed by atoms with Crippen LogP contribution in [-0.4, -0.2) is 28.0 Å². The van der Waals surface area contributed by atoms with Crippen molar-refractivity contribution in [2.75, 3.05) is 6.61 Å². The summed E-state index contributed by atoms with van der Waals surface area (Å²) in [5, 5.41) is 1.70. The van der Waals surface area contributed by atoms with E-state index in [4.69, 9.17) is 4.74 Å². The van der Waals surface area contributed by atoms with Crippen LogP contribution in [0.1, 0.15) is 23.7 Å². The predicted molar refractivity (Wildman–Crippen MR) is 117 cm³/mol. The number of thioether (sulfide) groups is 1. The van der Waals surface area contributed by atoms with Gasteiger partial charge in [0.05, 0.1) is 11.9 Å². The van der Waals surface area contributed by atoms with Crippen LogP contribution in [0.15, 0.2) is 42.6 Å². The van der Waals surface area contributed by atoms with Crippen LogP contribution in [0.4, 0.5) is 4.79 Å². The highest BCUT2D eigenvalue weighted by molar-refractivity contribution is 9.18. The van der Waals surface area contributed by atoms with Crippen molar-refractivity contribution in [2.45, 2.75) is 31.4 Å². The van der Waals surface area contributed by atoms with Crippen molar-refractivity contribution in [1.82, 2.24) is 10.3 Å². The first-order valence-electron chi connectivity index (χ1n) is 8.62. The maximum absolute atomic E-state index is 11.6. The van der Waals surface area contributed by atoms with Gasteiger partial charge in [-0.05, 0) is 42.2 Å². The number of nitrogens with zero attached hydrogens (tertiary/aromatic N) is 1. The standard InChI is InChI=1S/C19H20N2O3S.Br2O/c1-2-13-3-6-15(20-12-13)9-10-24-16-7-4-14(5-8-16)11-17-18(22)21-19(23)25-17;1-3-2/h3-8,12,17H,2,9-11H2,1H3,(H,21,22,23);. The van der Waals surface area contributed by atoms with Crippen molar-refractivity contribution < 1.29 is 17.2 Å². The van der Waals surface area contributed by atoms with Gasteiger partial charge in [-0.1, -0.05) is 36.9 Å². The van der Waals surface area contributed by atoms with E-state index in [1.54, 1.807) is 0 Å². The lowest BCUT2D eigenvalue weighted by molar-refractivity contribution is -0.118. The van der Waals surface area contributed by atoms with E-state index in [9.17, 15) is 9.59 Å². The zero-order valence-corrected chi connectivity index (χ0v) is 19.2. The molecule has 0 bridgehead atoms. The number of carbonyl (C=O) groups excluding carboxylic acids is 2. The Balaban J connectivity index is 0.000000878. The summed E-state index contributed by atoms with van der Waals surface area (Å²) in [5.41, 5.74) is 3.25. The summed E-state index contributed by atoms with van der Waals surface area (Å²) in [6.07, 6.45) is 4.19. The molecule has 1 aromatic heterocycles. The second-order valence-electron chi connectivity index (χ2n) is 5.90. The molecule has 1 aliphatic heterocycles. The maximum Gasteiger partial charge on any atom is 0.286 e. The zero-order valence-electron chi connectivity index (χ0n) is 15.2. The minimum Gasteiger partial charge on any atom is -0.493 e. The lowest BCUT2D eigenvalue weighted by Gasteiger charge is -2.09. The van der Waals surface area contributed by atoms with Gasteiger partial charge in [0.2, 0.25) is 5.91 Å². The molecule has 3 rings (SSSR count). The summed E-state index contributed by atoms with van der Waals surface area (Å²) in [6, 6.07) is 11.8. The van der Waals surface area contributed by atoms with Crippen molar-refractivity contribution in [3.8, 4) is 5.75 Å². The second kappa shape index (κ2) is 12.2. The van der Waals surface area contributed by atoms with Crippen LogP contribution < -0.4 is 10.1 Å². The Kier molecular flexibility index (Phi) is 9.97. The van der Waals surface area contributed by atoms with Gasteiger partial charge in [-0.25, -0.2) is 2.92 Å². The van der Waals surface area contributed by atoms with Crippen molar-refractivity contribution in [2.24, 2.45) is 0 Å². The normalized spacial score (nSPS) is 15.6. The predicted octanol–water partition coefficient (Wildman–Crippen LogP) is 4.78. The number of imide groups is 1. The van der Waals surface area contributed by atoms with Crippen LogP contribution in [0.25, 0.3) is 0 Å². The highest BCUT2D eigenvalue weighted by atomic mass is 79.9. The molecule has 0 saturated carbocycles. The maximum atomic E-state index is 11.6. The van der Waals surface area contributed by atoms with Gasteiger partial charge in [0.15, 0.2) is 0 Å². The number of hydrogen-bond donors (Lipinski definition) is 1. The molecule has 1 fully saturated rings. The summed E-state index contributed by atoms with van der Waals surface area (Å²) >= 11 is 6.17. The van der Waals surface area contributed by atoms with Gasteiger partial charge in [-0.15, -0.1) is 0 Å². The lowest BCUT2D eigenvalue weighted by atomic mass is 10.1. The number of hydrogen-bond acceptors (Lipinski definition) is 6. The summed E-state index contributed by atoms with van der Waals surface area (Å²) in [5.74, 6) is 0.574. The Hall–Kier alpha value is -1.42. The molecule has 1 unspecified atom stereocenters. The van der Waals surface area contributed by atoms with Gasteiger partial charge in [0.25, 0.3) is 5.24 Å². The highest BCUT2D eigenvalue weighted by Crippen LogP contribution is 2.23. The van der Waals surface area contributed by atoms with E-state index in [1.165, 1.54) is 5.56 Å². The number of benzene rings is 1. The molecule has 1 atom stereocenters. The molecule has 1 saturated heterocycles. The highest BCUT2D eigenvalue weighted by Gasteiger charge is 2.31. The number of amides is 2. The Bertz CT molecular complexity index is 773. The number of ether oxygens (including phenoxy) is 1. The van der Waals surface area contributed by atoms with Gasteiger partial charge in [0, 0.05) is 18.3 Å². The van der Waals surface area contributed by atoms with E-state index in [2.05, 4.69) is 58.7 Å². The van der Waals surface area contributed by atoms with Gasteiger partial charge >= 0.3 is 0 Å². The topological polar surface area (TPSA) is 77.5 Å². The number of aryl methyl sites for hydroxylation is 1. The Morgan fingerprint density at radius 1 is 1.11 bits per heavy atom. The fourth-order valence-electron chi connectivity index (χ4n) is 2.55. The first-order chi connectivity index (χ1) is 13.5. The monoisotopic (exact) mass is 530 g/mol. The van der Waals surface area contributed by atoms with E-state index in [1.807, 2.05) is 36.5 Å². The van der Waals surface area contributed by atoms with Crippen LogP contribution in [0.3, 0.4) is 0 Å². The third kappa shape index (κ3) is 7.54. The number of pyridine rings is 1. The van der Waals surface area contributed by atoms with Crippen LogP contribution in [0.2, 0.25) is 0 Å². The van der Waals surface area contributed by atoms with Crippen molar-refractivity contribution in [1.29, 1.82) is 0 Å². The minimum atomic E-state index is -0.337. The second-order valence-corrected chi connectivity index (χ2v) is 8.59. The molecule has 6 nitrogen and oxygen atoms in total. The van der Waals surface area contributed by atoms with Gasteiger partial charge in [0.1, 0.15) is 38.3 Å². The molecule has 0 aliphatic carbocycles. The molecule has 1 aliphatic rings. The molecule has 1 N–H and O–H groups in total. The lowest BCUT2D eigenvalue weighted by Crippen LogP contribution is -2.25. The Morgan fingerprint density at radius 2 is 1.79 bits per heavy atom. The van der Waals surface area contributed by atoms with E-state index < -0.39 is 0 Å². The van der Waals surface area contributed by atoms with Crippen LogP contribution in [-0.2, 0) is 27.0 Å². The summed E-state index contributed by atoms with van der Waals surface area (Å²) in [4.78, 5) is 27.2. The van der Waals surface area contributed by atoms with Gasteiger partial charge in [-0.3, -0.25) is 19.9 Å². The first kappa shape index (κ1) is 22.9. The van der Waals surface area contributed by atoms with E-state index >= 15 is 0 Å². The van der Waals surface area contributed by atoms with Crippen LogP contribution in [0.5, 0.6) is 5.75 Å². The molecule has 2 heterocycles. The van der Waals surface area contributed by atoms with Crippen LogP contribution in [0, 0.1) is 0 Å². The number of nitrogens with one attached hydrogen (secondary N) is 1. The molecule has 150 valence electrons. The number of halogens is 2. The minimum absolute atomic E-state index is 0.211. The number of carbonyl (C=O) groups is 2. The number of aromatic nitrogens is 1. The van der Waals surface area contributed by atoms with Gasteiger partial charge < -0.3 is 4.74 Å². The molecule has 0 spiro atoms. The largest absolute Gasteiger partial charge is 0.493 e. The summed E-state index contributed by atoms with van der Waals surface area (Å²) in [7, 11) is 0. The Labute approximate surface area is 185 Å². The summed E-state index contributed by atoms with van der Waals surface area (Å²) < 4.78 is 9.63. The quantitative estimate of drug-likeness (QED) is 0.554. The van der Waals surface area contributed by atoms with Crippen molar-refractivity contribution in [3.63, 3.8) is 0 Å². The molecular weight excluding hydrogens is 512 g/mol. The van der Waals surface area contributed by atoms with Crippen molar-refractivity contribution in [3.05, 3.63) is 59.4 Å². The SMILES string of the molecule is BrOBr.CCc1ccc(CCOc2ccc(CC3SC(=O)NC3=O)cc2)nc1. The number of rotatable bonds is 7. The van der Waals surface area contributed by atoms with Crippen LogP contribution >= 0.6 is 44.3 Å². The molecule has 2 aromatic rings. The molecule has 0 radical (unpaired) electrons. The van der Waals surface area contributed by atoms with E-state index in [0.717, 1.165) is 41.6 Å². The zero-order chi connectivity index (χ0) is 20.4. The van der Waals surface area contributed by atoms with E-state index in [0.29, 0.717) is 13.0 Å². The third-order valence-corrected chi connectivity index (χ3v) is 5.01. The molecular formula is C19H20Br2N2O4S. The van der Waals surface area contributed by atoms with Gasteiger partial charge in [-0.2, -0.15) is 0 Å². The first-order valence-corrected chi connectivity index (χ1v) is 10.8. The fourth-order valence-corrected chi connectivity index (χ4v) is 3.41. The average Bonchev–Trinajstić information content (AvgIpc) is 3.01.